The van der Waals surface area contributed by atoms with E-state index in [1.807, 2.05) is 0 Å². The van der Waals surface area contributed by atoms with Crippen LogP contribution in [0.4, 0.5) is 5.69 Å². The molecule has 7 heteroatoms. The van der Waals surface area contributed by atoms with E-state index in [4.69, 9.17) is 33.7 Å². The molecule has 1 aromatic carbocycles. The maximum atomic E-state index is 10.5. The van der Waals surface area contributed by atoms with Crippen LogP contribution in [0.15, 0.2) is 12.1 Å². The zero-order valence-electron chi connectivity index (χ0n) is 8.44. The number of nitro benzene ring substituents is 1. The zero-order chi connectivity index (χ0) is 12.3. The second-order valence-electron chi connectivity index (χ2n) is 3.28. The van der Waals surface area contributed by atoms with Gasteiger partial charge in [-0.25, -0.2) is 0 Å². The summed E-state index contributed by atoms with van der Waals surface area (Å²) in [5.41, 5.74) is 5.32. The van der Waals surface area contributed by atoms with Gasteiger partial charge in [0.05, 0.1) is 15.0 Å². The van der Waals surface area contributed by atoms with E-state index in [2.05, 4.69) is 0 Å². The number of halogens is 2. The number of nitrogens with two attached hydrogens (primary N) is 1. The van der Waals surface area contributed by atoms with Crippen LogP contribution < -0.4 is 10.5 Å². The highest BCUT2D eigenvalue weighted by Gasteiger charge is 2.15. The molecule has 0 aliphatic carbocycles. The molecule has 1 aromatic rings. The second-order valence-corrected chi connectivity index (χ2v) is 4.10. The lowest BCUT2D eigenvalue weighted by Crippen LogP contribution is -2.23. The monoisotopic (exact) mass is 264 g/mol. The lowest BCUT2D eigenvalue weighted by atomic mass is 10.3. The Labute approximate surface area is 102 Å². The first-order valence-corrected chi connectivity index (χ1v) is 5.19. The van der Waals surface area contributed by atoms with Crippen molar-refractivity contribution in [3.8, 4) is 5.75 Å². The minimum atomic E-state index is -0.576. The minimum absolute atomic E-state index is 0.0971. The van der Waals surface area contributed by atoms with Crippen molar-refractivity contribution in [2.75, 3.05) is 6.61 Å². The average molecular weight is 265 g/mol. The standard InChI is InChI=1S/C9H10Cl2N2O3/c1-5(12)4-16-9-7(10)2-6(13(14)15)3-8(9)11/h2-3,5H,4,12H2,1H3. The maximum absolute atomic E-state index is 10.5. The third-order valence-corrected chi connectivity index (χ3v) is 2.25. The SMILES string of the molecule is CC(N)COc1c(Cl)cc([N+](=O)[O-])cc1Cl. The summed E-state index contributed by atoms with van der Waals surface area (Å²) in [7, 11) is 0. The Morgan fingerprint density at radius 2 is 2.00 bits per heavy atom. The minimum Gasteiger partial charge on any atom is -0.489 e. The molecule has 0 bridgehead atoms. The molecule has 0 radical (unpaired) electrons. The van der Waals surface area contributed by atoms with Crippen molar-refractivity contribution < 1.29 is 9.66 Å². The fourth-order valence-electron chi connectivity index (χ4n) is 1.00. The Bertz CT molecular complexity index is 387. The molecule has 0 saturated carbocycles. The quantitative estimate of drug-likeness (QED) is 0.670. The Morgan fingerprint density at radius 3 is 2.38 bits per heavy atom. The molecule has 0 amide bonds. The summed E-state index contributed by atoms with van der Waals surface area (Å²) in [5, 5.41) is 10.7. The number of nitrogens with zero attached hydrogens (tertiary/aromatic N) is 1. The fourth-order valence-corrected chi connectivity index (χ4v) is 1.59. The topological polar surface area (TPSA) is 78.4 Å². The van der Waals surface area contributed by atoms with Gasteiger partial charge in [-0.3, -0.25) is 10.1 Å². The van der Waals surface area contributed by atoms with E-state index in [-0.39, 0.29) is 34.1 Å². The predicted octanol–water partition coefficient (Wildman–Crippen LogP) is 2.63. The maximum Gasteiger partial charge on any atom is 0.272 e. The summed E-state index contributed by atoms with van der Waals surface area (Å²) in [6, 6.07) is 2.19. The molecule has 0 aromatic heterocycles. The van der Waals surface area contributed by atoms with Gasteiger partial charge in [-0.1, -0.05) is 23.2 Å². The normalized spacial score (nSPS) is 12.2. The highest BCUT2D eigenvalue weighted by atomic mass is 35.5. The van der Waals surface area contributed by atoms with E-state index in [0.29, 0.717) is 0 Å². The predicted molar refractivity (Wildman–Crippen MR) is 62.3 cm³/mol. The number of benzene rings is 1. The summed E-state index contributed by atoms with van der Waals surface area (Å²) in [4.78, 5) is 9.93. The highest BCUT2D eigenvalue weighted by molar-refractivity contribution is 6.37. The van der Waals surface area contributed by atoms with Crippen LogP contribution in [0.25, 0.3) is 0 Å². The van der Waals surface area contributed by atoms with Gasteiger partial charge in [-0.15, -0.1) is 0 Å². The smallest absolute Gasteiger partial charge is 0.272 e. The number of hydrogen-bond acceptors (Lipinski definition) is 4. The van der Waals surface area contributed by atoms with E-state index in [9.17, 15) is 10.1 Å². The van der Waals surface area contributed by atoms with Crippen LogP contribution >= 0.6 is 23.2 Å². The molecule has 1 rings (SSSR count). The van der Waals surface area contributed by atoms with Crippen LogP contribution in [-0.4, -0.2) is 17.6 Å². The van der Waals surface area contributed by atoms with Crippen molar-refractivity contribution in [3.05, 3.63) is 32.3 Å². The van der Waals surface area contributed by atoms with Crippen LogP contribution in [0.1, 0.15) is 6.92 Å². The van der Waals surface area contributed by atoms with Crippen LogP contribution in [0.2, 0.25) is 10.0 Å². The summed E-state index contributed by atoms with van der Waals surface area (Å²) >= 11 is 11.6. The molecule has 5 nitrogen and oxygen atoms in total. The van der Waals surface area contributed by atoms with Crippen molar-refractivity contribution in [1.29, 1.82) is 0 Å². The molecule has 88 valence electrons. The van der Waals surface area contributed by atoms with E-state index in [1.54, 1.807) is 6.92 Å². The van der Waals surface area contributed by atoms with Crippen molar-refractivity contribution in [2.45, 2.75) is 13.0 Å². The lowest BCUT2D eigenvalue weighted by molar-refractivity contribution is -0.384. The number of hydrogen-bond donors (Lipinski definition) is 1. The van der Waals surface area contributed by atoms with Crippen molar-refractivity contribution in [2.24, 2.45) is 5.73 Å². The van der Waals surface area contributed by atoms with Crippen LogP contribution in [0.5, 0.6) is 5.75 Å². The molecule has 0 fully saturated rings. The van der Waals surface area contributed by atoms with Crippen LogP contribution in [0.3, 0.4) is 0 Å². The number of non-ortho nitro benzene ring substituents is 1. The molecule has 0 aliphatic heterocycles. The Balaban J connectivity index is 2.98. The van der Waals surface area contributed by atoms with Gasteiger partial charge in [-0.05, 0) is 6.92 Å². The summed E-state index contributed by atoms with van der Waals surface area (Å²) in [6.07, 6.45) is 0. The van der Waals surface area contributed by atoms with Gasteiger partial charge in [0, 0.05) is 18.2 Å². The first-order valence-electron chi connectivity index (χ1n) is 4.43. The number of rotatable bonds is 4. The van der Waals surface area contributed by atoms with Crippen molar-refractivity contribution >= 4 is 28.9 Å². The third-order valence-electron chi connectivity index (χ3n) is 1.68. The molecule has 1 atom stereocenters. The molecular weight excluding hydrogens is 255 g/mol. The van der Waals surface area contributed by atoms with E-state index >= 15 is 0 Å². The van der Waals surface area contributed by atoms with Gasteiger partial charge in [0.1, 0.15) is 6.61 Å². The van der Waals surface area contributed by atoms with Crippen LogP contribution in [0, 0.1) is 10.1 Å². The van der Waals surface area contributed by atoms with Gasteiger partial charge in [-0.2, -0.15) is 0 Å². The second kappa shape index (κ2) is 5.34. The summed E-state index contributed by atoms with van der Waals surface area (Å²) in [5.74, 6) is 0.214. The van der Waals surface area contributed by atoms with Crippen LogP contribution in [-0.2, 0) is 0 Å². The molecule has 0 aliphatic rings. The highest BCUT2D eigenvalue weighted by Crippen LogP contribution is 2.36. The van der Waals surface area contributed by atoms with Gasteiger partial charge >= 0.3 is 0 Å². The fraction of sp³-hybridized carbons (Fsp3) is 0.333. The summed E-state index contributed by atoms with van der Waals surface area (Å²) < 4.78 is 5.25. The Morgan fingerprint density at radius 1 is 1.50 bits per heavy atom. The number of nitro groups is 1. The van der Waals surface area contributed by atoms with Gasteiger partial charge in [0.2, 0.25) is 0 Å². The first kappa shape index (κ1) is 13.0. The lowest BCUT2D eigenvalue weighted by Gasteiger charge is -2.11. The Kier molecular flexibility index (Phi) is 4.35. The molecule has 0 spiro atoms. The van der Waals surface area contributed by atoms with Crippen molar-refractivity contribution in [1.82, 2.24) is 0 Å². The third kappa shape index (κ3) is 3.23. The van der Waals surface area contributed by atoms with Gasteiger partial charge in [0.15, 0.2) is 5.75 Å². The largest absolute Gasteiger partial charge is 0.489 e. The molecular formula is C9H10Cl2N2O3. The summed E-state index contributed by atoms with van der Waals surface area (Å²) in [6.45, 7) is 1.99. The molecule has 16 heavy (non-hydrogen) atoms. The van der Waals surface area contributed by atoms with E-state index in [0.717, 1.165) is 0 Å². The molecule has 0 heterocycles. The van der Waals surface area contributed by atoms with Gasteiger partial charge < -0.3 is 10.5 Å². The average Bonchev–Trinajstić information content (AvgIpc) is 2.15. The first-order chi connectivity index (χ1) is 7.41. The Hall–Kier alpha value is -1.04. The number of ether oxygens (including phenoxy) is 1. The molecule has 2 N–H and O–H groups in total. The van der Waals surface area contributed by atoms with E-state index < -0.39 is 4.92 Å². The van der Waals surface area contributed by atoms with E-state index in [1.165, 1.54) is 12.1 Å². The zero-order valence-corrected chi connectivity index (χ0v) is 9.96. The molecule has 1 unspecified atom stereocenters. The van der Waals surface area contributed by atoms with Crippen molar-refractivity contribution in [3.63, 3.8) is 0 Å². The van der Waals surface area contributed by atoms with Gasteiger partial charge in [0.25, 0.3) is 5.69 Å². The molecule has 0 saturated heterocycles.